The number of hydrogen-bond donors (Lipinski definition) is 4. The first-order valence-electron chi connectivity index (χ1n) is 11.4. The minimum atomic E-state index is -0.852. The largest absolute Gasteiger partial charge is 0.461 e. The van der Waals surface area contributed by atoms with E-state index in [-0.39, 0.29) is 49.2 Å². The zero-order valence-corrected chi connectivity index (χ0v) is 22.9. The van der Waals surface area contributed by atoms with Gasteiger partial charge in [0.15, 0.2) is 0 Å². The lowest BCUT2D eigenvalue weighted by Crippen LogP contribution is -2.54. The molecule has 194 valence electrons. The quantitative estimate of drug-likeness (QED) is 0.154. The third-order valence-electron chi connectivity index (χ3n) is 4.89. The van der Waals surface area contributed by atoms with Crippen LogP contribution in [0.1, 0.15) is 46.6 Å². The van der Waals surface area contributed by atoms with Crippen molar-refractivity contribution in [3.8, 4) is 0 Å². The highest BCUT2D eigenvalue weighted by Crippen LogP contribution is 2.12. The molecule has 11 heteroatoms. The predicted octanol–water partition coefficient (Wildman–Crippen LogP) is 1.91. The number of anilines is 1. The fourth-order valence-electron chi connectivity index (χ4n) is 2.77. The van der Waals surface area contributed by atoms with E-state index in [0.717, 1.165) is 5.56 Å². The zero-order chi connectivity index (χ0) is 26.5. The van der Waals surface area contributed by atoms with E-state index >= 15 is 0 Å². The van der Waals surface area contributed by atoms with Crippen molar-refractivity contribution in [2.45, 2.75) is 59.7 Å². The second-order valence-electron chi connectivity index (χ2n) is 8.70. The molecular formula is C24H35IN4O6. The molecule has 10 nitrogen and oxygen atoms in total. The van der Waals surface area contributed by atoms with Crippen LogP contribution in [-0.2, 0) is 35.3 Å². The lowest BCUT2D eigenvalue weighted by Gasteiger charge is -2.24. The van der Waals surface area contributed by atoms with E-state index in [1.807, 2.05) is 22.6 Å². The predicted molar refractivity (Wildman–Crippen MR) is 141 cm³/mol. The van der Waals surface area contributed by atoms with Crippen LogP contribution in [0, 0.1) is 11.8 Å². The van der Waals surface area contributed by atoms with Crippen molar-refractivity contribution in [2.75, 3.05) is 16.3 Å². The van der Waals surface area contributed by atoms with Crippen LogP contribution in [0.3, 0.4) is 0 Å². The van der Waals surface area contributed by atoms with Crippen molar-refractivity contribution >= 4 is 57.9 Å². The molecular weight excluding hydrogens is 567 g/mol. The molecule has 0 fully saturated rings. The standard InChI is InChI=1S/C24H35IN4O6/c1-14(2)21(29-19(30)10-11-26-20(31)12-25)23(33)27-16(5)22(32)28-18-8-6-17(7-9-18)13-35-24(34)15(3)4/h6-9,14-16,21H,10-13H2,1-5H3,(H,26,31)(H,27,33)(H,28,32)(H,29,30)/t16-,21-/m0/s1. The second-order valence-corrected chi connectivity index (χ2v) is 9.46. The maximum absolute atomic E-state index is 12.7. The summed E-state index contributed by atoms with van der Waals surface area (Å²) in [6.45, 7) is 8.95. The number of nitrogens with one attached hydrogen (secondary N) is 4. The number of amides is 4. The highest BCUT2D eigenvalue weighted by Gasteiger charge is 2.27. The highest BCUT2D eigenvalue weighted by atomic mass is 127. The van der Waals surface area contributed by atoms with E-state index in [0.29, 0.717) is 10.1 Å². The molecule has 0 aliphatic carbocycles. The Bertz CT molecular complexity index is 889. The van der Waals surface area contributed by atoms with Crippen LogP contribution in [-0.4, -0.2) is 52.7 Å². The molecule has 0 radical (unpaired) electrons. The minimum absolute atomic E-state index is 0.0432. The van der Waals surface area contributed by atoms with Crippen molar-refractivity contribution in [3.05, 3.63) is 29.8 Å². The number of benzene rings is 1. The normalized spacial score (nSPS) is 12.5. The fraction of sp³-hybridized carbons (Fsp3) is 0.542. The maximum Gasteiger partial charge on any atom is 0.308 e. The van der Waals surface area contributed by atoms with Gasteiger partial charge in [0.2, 0.25) is 23.6 Å². The van der Waals surface area contributed by atoms with E-state index in [9.17, 15) is 24.0 Å². The van der Waals surface area contributed by atoms with E-state index < -0.39 is 23.9 Å². The molecule has 35 heavy (non-hydrogen) atoms. The SMILES string of the molecule is CC(C)C(=O)OCc1ccc(NC(=O)[C@H](C)NC(=O)[C@@H](NC(=O)CCNC(=O)CI)C(C)C)cc1. The topological polar surface area (TPSA) is 143 Å². The molecule has 0 unspecified atom stereocenters. The summed E-state index contributed by atoms with van der Waals surface area (Å²) in [5, 5.41) is 10.6. The van der Waals surface area contributed by atoms with Gasteiger partial charge in [0.05, 0.1) is 10.3 Å². The molecule has 0 saturated heterocycles. The molecule has 0 spiro atoms. The molecule has 0 aliphatic heterocycles. The molecule has 0 saturated carbocycles. The number of carbonyl (C=O) groups excluding carboxylic acids is 5. The Morgan fingerprint density at radius 2 is 1.51 bits per heavy atom. The zero-order valence-electron chi connectivity index (χ0n) is 20.8. The van der Waals surface area contributed by atoms with Gasteiger partial charge in [-0.1, -0.05) is 62.4 Å². The average Bonchev–Trinajstić information content (AvgIpc) is 2.81. The average molecular weight is 602 g/mol. The Hall–Kier alpha value is -2.70. The molecule has 1 rings (SSSR count). The Labute approximate surface area is 219 Å². The summed E-state index contributed by atoms with van der Waals surface area (Å²) < 4.78 is 5.48. The molecule has 4 amide bonds. The fourth-order valence-corrected chi connectivity index (χ4v) is 3.04. The van der Waals surface area contributed by atoms with Crippen LogP contribution in [0.5, 0.6) is 0 Å². The smallest absolute Gasteiger partial charge is 0.308 e. The number of carbonyl (C=O) groups is 5. The van der Waals surface area contributed by atoms with Crippen LogP contribution in [0.2, 0.25) is 0 Å². The maximum atomic E-state index is 12.7. The number of esters is 1. The number of halogens is 1. The molecule has 2 atom stereocenters. The Morgan fingerprint density at radius 1 is 0.886 bits per heavy atom. The summed E-state index contributed by atoms with van der Waals surface area (Å²) in [7, 11) is 0. The third kappa shape index (κ3) is 11.5. The second kappa shape index (κ2) is 15.3. The summed E-state index contributed by atoms with van der Waals surface area (Å²) >= 11 is 1.92. The first-order valence-corrected chi connectivity index (χ1v) is 13.0. The first-order chi connectivity index (χ1) is 16.4. The molecule has 4 N–H and O–H groups in total. The van der Waals surface area contributed by atoms with Crippen LogP contribution < -0.4 is 21.3 Å². The van der Waals surface area contributed by atoms with Gasteiger partial charge in [0.1, 0.15) is 18.7 Å². The van der Waals surface area contributed by atoms with Crippen molar-refractivity contribution in [2.24, 2.45) is 11.8 Å². The summed E-state index contributed by atoms with van der Waals surface area (Å²) in [5.41, 5.74) is 1.31. The van der Waals surface area contributed by atoms with Gasteiger partial charge in [-0.05, 0) is 30.5 Å². The van der Waals surface area contributed by atoms with Crippen LogP contribution in [0.25, 0.3) is 0 Å². The molecule has 0 aliphatic rings. The minimum Gasteiger partial charge on any atom is -0.461 e. The van der Waals surface area contributed by atoms with Gasteiger partial charge in [0, 0.05) is 18.7 Å². The Morgan fingerprint density at radius 3 is 2.06 bits per heavy atom. The summed E-state index contributed by atoms with van der Waals surface area (Å²) in [4.78, 5) is 60.3. The van der Waals surface area contributed by atoms with Gasteiger partial charge in [-0.3, -0.25) is 24.0 Å². The van der Waals surface area contributed by atoms with Crippen molar-refractivity contribution < 1.29 is 28.7 Å². The number of ether oxygens (including phenoxy) is 1. The van der Waals surface area contributed by atoms with Crippen LogP contribution >= 0.6 is 22.6 Å². The lowest BCUT2D eigenvalue weighted by atomic mass is 10.0. The van der Waals surface area contributed by atoms with Gasteiger partial charge in [0.25, 0.3) is 0 Å². The van der Waals surface area contributed by atoms with Crippen LogP contribution in [0.4, 0.5) is 5.69 Å². The number of alkyl halides is 1. The highest BCUT2D eigenvalue weighted by molar-refractivity contribution is 14.1. The monoisotopic (exact) mass is 602 g/mol. The Kier molecular flexibility index (Phi) is 13.3. The summed E-state index contributed by atoms with van der Waals surface area (Å²) in [5.74, 6) is -2.14. The van der Waals surface area contributed by atoms with E-state index in [4.69, 9.17) is 4.74 Å². The van der Waals surface area contributed by atoms with Gasteiger partial charge >= 0.3 is 5.97 Å². The van der Waals surface area contributed by atoms with Gasteiger partial charge < -0.3 is 26.0 Å². The third-order valence-corrected chi connectivity index (χ3v) is 5.58. The molecule has 0 bridgehead atoms. The molecule has 1 aromatic carbocycles. The summed E-state index contributed by atoms with van der Waals surface area (Å²) in [6, 6.07) is 5.15. The van der Waals surface area contributed by atoms with Gasteiger partial charge in [-0.2, -0.15) is 0 Å². The Balaban J connectivity index is 2.58. The van der Waals surface area contributed by atoms with E-state index in [1.54, 1.807) is 58.9 Å². The van der Waals surface area contributed by atoms with Crippen molar-refractivity contribution in [1.82, 2.24) is 16.0 Å². The summed E-state index contributed by atoms with van der Waals surface area (Å²) in [6.07, 6.45) is 0.0432. The number of rotatable bonds is 13. The first kappa shape index (κ1) is 30.3. The lowest BCUT2D eigenvalue weighted by molar-refractivity contribution is -0.148. The van der Waals surface area contributed by atoms with Gasteiger partial charge in [-0.25, -0.2) is 0 Å². The molecule has 1 aromatic rings. The molecule has 0 heterocycles. The number of hydrogen-bond acceptors (Lipinski definition) is 6. The van der Waals surface area contributed by atoms with Crippen LogP contribution in [0.15, 0.2) is 24.3 Å². The van der Waals surface area contributed by atoms with E-state index in [1.165, 1.54) is 0 Å². The molecule has 0 aromatic heterocycles. The van der Waals surface area contributed by atoms with Gasteiger partial charge in [-0.15, -0.1) is 0 Å². The van der Waals surface area contributed by atoms with E-state index in [2.05, 4.69) is 21.3 Å². The van der Waals surface area contributed by atoms with Crippen molar-refractivity contribution in [1.29, 1.82) is 0 Å². The van der Waals surface area contributed by atoms with Crippen molar-refractivity contribution in [3.63, 3.8) is 0 Å².